The predicted octanol–water partition coefficient (Wildman–Crippen LogP) is 5.50. The highest BCUT2D eigenvalue weighted by Gasteiger charge is 2.76. The van der Waals surface area contributed by atoms with Gasteiger partial charge in [0.2, 0.25) is 0 Å². The number of amides is 2. The maximum Gasteiger partial charge on any atom is 0.340 e. The fourth-order valence-electron chi connectivity index (χ4n) is 9.84. The molecule has 298 valence electrons. The van der Waals surface area contributed by atoms with Crippen LogP contribution in [-0.4, -0.2) is 76.3 Å². The van der Waals surface area contributed by atoms with Crippen molar-refractivity contribution in [2.45, 2.75) is 58.8 Å². The van der Waals surface area contributed by atoms with Gasteiger partial charge in [-0.15, -0.1) is 0 Å². The summed E-state index contributed by atoms with van der Waals surface area (Å²) in [5, 5.41) is 44.2. The van der Waals surface area contributed by atoms with Crippen LogP contribution in [0.1, 0.15) is 72.1 Å². The minimum atomic E-state index is -2.39. The molecule has 4 aliphatic carbocycles. The second kappa shape index (κ2) is 14.3. The van der Waals surface area contributed by atoms with E-state index < -0.39 is 58.8 Å². The molecule has 8 atom stereocenters. The number of carbonyl (C=O) groups is 5. The molecule has 2 saturated carbocycles. The number of fused-ring (bicyclic) bond motifs is 3. The lowest BCUT2D eigenvalue weighted by Crippen LogP contribution is -2.65. The summed E-state index contributed by atoms with van der Waals surface area (Å²) in [4.78, 5) is 68.3. The highest BCUT2D eigenvalue weighted by molar-refractivity contribution is 6.16. The summed E-state index contributed by atoms with van der Waals surface area (Å²) in [7, 11) is 1.66. The third-order valence-electron chi connectivity index (χ3n) is 12.7. The van der Waals surface area contributed by atoms with Gasteiger partial charge in [-0.2, -0.15) is 0 Å². The van der Waals surface area contributed by atoms with E-state index in [0.29, 0.717) is 17.7 Å². The fourth-order valence-corrected chi connectivity index (χ4v) is 9.84. The summed E-state index contributed by atoms with van der Waals surface area (Å²) in [5.41, 5.74) is -3.29. The second-order valence-electron chi connectivity index (χ2n) is 16.2. The number of aromatic hydroxyl groups is 1. The molecule has 57 heavy (non-hydrogen) atoms. The number of ketones is 1. The molecule has 0 aliphatic heterocycles. The maximum atomic E-state index is 14.9. The molecule has 2 bridgehead atoms. The van der Waals surface area contributed by atoms with Crippen LogP contribution < -0.4 is 16.0 Å². The molecule has 0 saturated heterocycles. The Morgan fingerprint density at radius 3 is 2.21 bits per heavy atom. The zero-order valence-corrected chi connectivity index (χ0v) is 32.6. The number of phenols is 1. The normalized spacial score (nSPS) is 29.2. The van der Waals surface area contributed by atoms with Crippen LogP contribution in [0, 0.1) is 34.5 Å². The SMILES string of the molecule is CNc1ccccc1C(=O)Nc1c(O)cccc1C(=O)Nc1ccccc1C(=O)O[C@H]1C(C)=C[C@]23C(=O)[C@@H](C=C(COC(C)=O)[C@@H](O)[C@]12O)[C@H]1[C@@H](C[C@H]3C)C1(C)C. The monoisotopic (exact) mass is 777 g/mol. The van der Waals surface area contributed by atoms with E-state index in [0.717, 1.165) is 0 Å². The Hall–Kier alpha value is -5.79. The second-order valence-corrected chi connectivity index (χ2v) is 16.2. The van der Waals surface area contributed by atoms with Gasteiger partial charge < -0.3 is 40.7 Å². The van der Waals surface area contributed by atoms with Crippen molar-refractivity contribution in [1.82, 2.24) is 0 Å². The molecule has 13 heteroatoms. The van der Waals surface area contributed by atoms with E-state index in [1.807, 2.05) is 6.92 Å². The number of carbonyl (C=O) groups excluding carboxylic acids is 5. The molecule has 3 aromatic rings. The number of rotatable bonds is 9. The lowest BCUT2D eigenvalue weighted by molar-refractivity contribution is -0.191. The smallest absolute Gasteiger partial charge is 0.340 e. The quantitative estimate of drug-likeness (QED) is 0.0911. The number of ether oxygens (including phenoxy) is 2. The van der Waals surface area contributed by atoms with E-state index in [1.54, 1.807) is 62.5 Å². The van der Waals surface area contributed by atoms with Gasteiger partial charge >= 0.3 is 11.9 Å². The molecule has 13 nitrogen and oxygen atoms in total. The van der Waals surface area contributed by atoms with Crippen LogP contribution in [0.2, 0.25) is 0 Å². The average molecular weight is 778 g/mol. The molecule has 2 amide bonds. The minimum absolute atomic E-state index is 0.00753. The Morgan fingerprint density at radius 1 is 0.895 bits per heavy atom. The molecule has 0 radical (unpaired) electrons. The molecule has 7 rings (SSSR count). The summed E-state index contributed by atoms with van der Waals surface area (Å²) < 4.78 is 11.4. The standard InChI is InChI=1S/C44H47N3O10/c1-22-20-43-23(2)18-30-34(42(30,4)5)29(37(43)51)19-25(21-56-24(3)48)36(50)44(43,55)38(22)57-41(54)27-13-8-10-16-32(27)46-40(53)28-14-11-17-33(49)35(28)47-39(52)26-12-7-9-15-31(26)45-6/h7-17,19-20,23,29-30,34,36,38,45,49-50,55H,18,21H2,1-6H3,(H,46,53)(H,47,52)/t23-,29+,30-,34+,36-,38+,43+,44+/m1/s1. The number of nitrogens with one attached hydrogen (secondary N) is 3. The molecule has 0 unspecified atom stereocenters. The van der Waals surface area contributed by atoms with Crippen molar-refractivity contribution in [3.63, 3.8) is 0 Å². The third kappa shape index (κ3) is 6.20. The summed E-state index contributed by atoms with van der Waals surface area (Å²) >= 11 is 0. The Labute approximate surface area is 330 Å². The molecule has 3 aromatic carbocycles. The number of phenolic OH excluding ortho intramolecular Hbond substituents is 1. The number of anilines is 3. The van der Waals surface area contributed by atoms with E-state index in [-0.39, 0.29) is 69.0 Å². The van der Waals surface area contributed by atoms with Gasteiger partial charge in [0.25, 0.3) is 11.8 Å². The zero-order valence-electron chi connectivity index (χ0n) is 32.6. The summed E-state index contributed by atoms with van der Waals surface area (Å²) in [6, 6.07) is 16.9. The van der Waals surface area contributed by atoms with Crippen LogP contribution in [0.4, 0.5) is 17.1 Å². The maximum absolute atomic E-state index is 14.9. The number of esters is 2. The van der Waals surface area contributed by atoms with Crippen LogP contribution in [-0.2, 0) is 19.1 Å². The Bertz CT molecular complexity index is 2260. The van der Waals surface area contributed by atoms with Gasteiger partial charge in [-0.3, -0.25) is 19.2 Å². The number of para-hydroxylation sites is 3. The molecular weight excluding hydrogens is 730 g/mol. The molecular formula is C44H47N3O10. The van der Waals surface area contributed by atoms with Crippen LogP contribution in [0.15, 0.2) is 90.0 Å². The van der Waals surface area contributed by atoms with Gasteiger partial charge in [0, 0.05) is 25.6 Å². The minimum Gasteiger partial charge on any atom is -0.506 e. The highest BCUT2D eigenvalue weighted by Crippen LogP contribution is 2.71. The molecule has 0 heterocycles. The third-order valence-corrected chi connectivity index (χ3v) is 12.7. The van der Waals surface area contributed by atoms with Crippen LogP contribution in [0.5, 0.6) is 5.75 Å². The van der Waals surface area contributed by atoms with Crippen molar-refractivity contribution in [3.05, 3.63) is 107 Å². The number of benzene rings is 3. The van der Waals surface area contributed by atoms with Gasteiger partial charge in [0.05, 0.1) is 33.5 Å². The van der Waals surface area contributed by atoms with Crippen molar-refractivity contribution < 1.29 is 48.8 Å². The Kier molecular flexibility index (Phi) is 9.90. The molecule has 1 spiro atoms. The molecule has 2 fully saturated rings. The van der Waals surface area contributed by atoms with Gasteiger partial charge in [0.15, 0.2) is 17.5 Å². The topological polar surface area (TPSA) is 201 Å². The van der Waals surface area contributed by atoms with Crippen molar-refractivity contribution in [2.75, 3.05) is 29.6 Å². The van der Waals surface area contributed by atoms with Crippen LogP contribution in [0.25, 0.3) is 0 Å². The summed E-state index contributed by atoms with van der Waals surface area (Å²) in [6.45, 7) is 8.56. The van der Waals surface area contributed by atoms with Crippen molar-refractivity contribution in [1.29, 1.82) is 0 Å². The van der Waals surface area contributed by atoms with Crippen molar-refractivity contribution in [2.24, 2.45) is 34.5 Å². The molecule has 4 aliphatic rings. The van der Waals surface area contributed by atoms with Gasteiger partial charge in [-0.25, -0.2) is 4.79 Å². The van der Waals surface area contributed by atoms with E-state index in [9.17, 15) is 39.3 Å². The van der Waals surface area contributed by atoms with E-state index in [1.165, 1.54) is 37.3 Å². The Balaban J connectivity index is 1.20. The molecule has 0 aromatic heterocycles. The number of Topliss-reactive ketones (excluding diaryl/α,β-unsaturated/α-hetero) is 1. The first kappa shape index (κ1) is 39.4. The number of aliphatic hydroxyl groups excluding tert-OH is 1. The zero-order chi connectivity index (χ0) is 41.2. The first-order valence-corrected chi connectivity index (χ1v) is 19.0. The first-order valence-electron chi connectivity index (χ1n) is 19.0. The number of aliphatic hydroxyl groups is 2. The van der Waals surface area contributed by atoms with Crippen molar-refractivity contribution >= 4 is 46.6 Å². The van der Waals surface area contributed by atoms with E-state index in [2.05, 4.69) is 29.8 Å². The summed E-state index contributed by atoms with van der Waals surface area (Å²) in [5.74, 6) is -4.68. The first-order chi connectivity index (χ1) is 27.0. The van der Waals surface area contributed by atoms with Crippen LogP contribution in [0.3, 0.4) is 0 Å². The van der Waals surface area contributed by atoms with E-state index in [4.69, 9.17) is 9.47 Å². The number of hydrogen-bond acceptors (Lipinski definition) is 11. The predicted molar refractivity (Wildman–Crippen MR) is 211 cm³/mol. The highest BCUT2D eigenvalue weighted by atomic mass is 16.6. The fraction of sp³-hybridized carbons (Fsp3) is 0.386. The van der Waals surface area contributed by atoms with Gasteiger partial charge in [0.1, 0.15) is 18.5 Å². The number of hydrogen-bond donors (Lipinski definition) is 6. The molecule has 6 N–H and O–H groups in total. The Morgan fingerprint density at radius 2 is 1.53 bits per heavy atom. The lowest BCUT2D eigenvalue weighted by Gasteiger charge is -2.48. The van der Waals surface area contributed by atoms with Gasteiger partial charge in [-0.1, -0.05) is 63.3 Å². The van der Waals surface area contributed by atoms with Crippen LogP contribution >= 0.6 is 0 Å². The number of allylic oxidation sites excluding steroid dienone is 1. The van der Waals surface area contributed by atoms with E-state index >= 15 is 0 Å². The average Bonchev–Trinajstić information content (AvgIpc) is 3.67. The largest absolute Gasteiger partial charge is 0.506 e. The lowest BCUT2D eigenvalue weighted by atomic mass is 9.59. The van der Waals surface area contributed by atoms with Gasteiger partial charge in [-0.05, 0) is 84.1 Å². The van der Waals surface area contributed by atoms with Crippen molar-refractivity contribution in [3.8, 4) is 5.75 Å². The summed E-state index contributed by atoms with van der Waals surface area (Å²) in [6.07, 6.45) is 0.580.